The Hall–Kier alpha value is -4.14. The van der Waals surface area contributed by atoms with Crippen LogP contribution in [0, 0.1) is 0 Å². The standard InChI is InChI=1S/C31H30Cl2N6O2/c1-3-39-30(40)28(36-31(41)37-29-25(32)17-34-18-26(29)33)16-27(38-39)23-9-5-8-22(15-23)21-7-4-6-20(14-21)11-10-19(2)35-24-12-13-24/h4-9,14-18,24,35H,2-3,10-13H2,1H3,(H2,34,36,37,41). The van der Waals surface area contributed by atoms with E-state index >= 15 is 0 Å². The maximum Gasteiger partial charge on any atom is 0.323 e. The SMILES string of the molecule is C=C(CCc1cccc(-c2cccc(-c3cc(NC(=O)Nc4c(Cl)cncc4Cl)c(=O)n(CC)n3)c2)c1)NC1CC1. The molecule has 2 heterocycles. The number of hydrogen-bond acceptors (Lipinski definition) is 5. The molecule has 0 bridgehead atoms. The number of carbonyl (C=O) groups excluding carboxylic acids is 1. The molecule has 2 aromatic heterocycles. The Kier molecular flexibility index (Phi) is 8.71. The molecule has 3 N–H and O–H groups in total. The lowest BCUT2D eigenvalue weighted by molar-refractivity contribution is 0.262. The van der Waals surface area contributed by atoms with Crippen LogP contribution in [0.4, 0.5) is 16.2 Å². The van der Waals surface area contributed by atoms with Gasteiger partial charge in [0.25, 0.3) is 5.56 Å². The summed E-state index contributed by atoms with van der Waals surface area (Å²) in [5.41, 5.74) is 5.61. The molecule has 1 saturated carbocycles. The maximum absolute atomic E-state index is 13.0. The van der Waals surface area contributed by atoms with Crippen LogP contribution in [-0.4, -0.2) is 26.8 Å². The first-order valence-corrected chi connectivity index (χ1v) is 14.2. The Morgan fingerprint density at radius 1 is 1.00 bits per heavy atom. The Balaban J connectivity index is 1.37. The maximum atomic E-state index is 13.0. The number of benzene rings is 2. The van der Waals surface area contributed by atoms with Gasteiger partial charge >= 0.3 is 6.03 Å². The topological polar surface area (TPSA) is 101 Å². The number of hydrogen-bond donors (Lipinski definition) is 3. The third-order valence-electron chi connectivity index (χ3n) is 6.73. The molecular formula is C31H30Cl2N6O2. The highest BCUT2D eigenvalue weighted by molar-refractivity contribution is 6.39. The number of allylic oxidation sites excluding steroid dienone is 1. The number of nitrogens with one attached hydrogen (secondary N) is 3. The first-order chi connectivity index (χ1) is 19.8. The van der Waals surface area contributed by atoms with Gasteiger partial charge < -0.3 is 16.0 Å². The van der Waals surface area contributed by atoms with Crippen molar-refractivity contribution in [3.8, 4) is 22.4 Å². The zero-order chi connectivity index (χ0) is 28.9. The molecule has 8 nitrogen and oxygen atoms in total. The molecule has 5 rings (SSSR count). The van der Waals surface area contributed by atoms with E-state index in [1.165, 1.54) is 35.5 Å². The average molecular weight is 590 g/mol. The van der Waals surface area contributed by atoms with E-state index < -0.39 is 11.6 Å². The normalized spacial score (nSPS) is 12.6. The molecule has 210 valence electrons. The molecule has 1 aliphatic carbocycles. The van der Waals surface area contributed by atoms with Gasteiger partial charge in [0.1, 0.15) is 5.69 Å². The van der Waals surface area contributed by atoms with Crippen LogP contribution in [0.15, 0.2) is 84.1 Å². The van der Waals surface area contributed by atoms with Gasteiger partial charge in [0, 0.05) is 36.2 Å². The molecule has 41 heavy (non-hydrogen) atoms. The van der Waals surface area contributed by atoms with Gasteiger partial charge in [-0.1, -0.05) is 72.2 Å². The smallest absolute Gasteiger partial charge is 0.323 e. The van der Waals surface area contributed by atoms with Crippen molar-refractivity contribution in [1.29, 1.82) is 0 Å². The van der Waals surface area contributed by atoms with Crippen molar-refractivity contribution in [1.82, 2.24) is 20.1 Å². The summed E-state index contributed by atoms with van der Waals surface area (Å²) >= 11 is 12.2. The quantitative estimate of drug-likeness (QED) is 0.183. The van der Waals surface area contributed by atoms with E-state index in [0.717, 1.165) is 35.2 Å². The molecule has 0 spiro atoms. The van der Waals surface area contributed by atoms with Crippen molar-refractivity contribution >= 4 is 40.6 Å². The predicted molar refractivity (Wildman–Crippen MR) is 166 cm³/mol. The van der Waals surface area contributed by atoms with Gasteiger partial charge in [-0.25, -0.2) is 9.48 Å². The first kappa shape index (κ1) is 28.4. The number of anilines is 2. The minimum atomic E-state index is -0.669. The fraction of sp³-hybridized carbons (Fsp3) is 0.226. The highest BCUT2D eigenvalue weighted by Crippen LogP contribution is 2.30. The van der Waals surface area contributed by atoms with Gasteiger partial charge in [-0.3, -0.25) is 9.78 Å². The van der Waals surface area contributed by atoms with E-state index in [0.29, 0.717) is 18.3 Å². The Bertz CT molecular complexity index is 1640. The third kappa shape index (κ3) is 7.14. The zero-order valence-electron chi connectivity index (χ0n) is 22.6. The summed E-state index contributed by atoms with van der Waals surface area (Å²) in [6, 6.07) is 17.9. The Labute approximate surface area is 248 Å². The van der Waals surface area contributed by atoms with Gasteiger partial charge in [0.05, 0.1) is 21.4 Å². The molecule has 2 amide bonds. The molecule has 0 unspecified atom stereocenters. The molecule has 1 fully saturated rings. The molecular weight excluding hydrogens is 559 g/mol. The van der Waals surface area contributed by atoms with E-state index in [2.05, 4.69) is 56.9 Å². The average Bonchev–Trinajstić information content (AvgIpc) is 3.79. The van der Waals surface area contributed by atoms with E-state index in [1.54, 1.807) is 6.07 Å². The summed E-state index contributed by atoms with van der Waals surface area (Å²) in [7, 11) is 0. The highest BCUT2D eigenvalue weighted by Gasteiger charge is 2.21. The number of pyridine rings is 1. The monoisotopic (exact) mass is 588 g/mol. The first-order valence-electron chi connectivity index (χ1n) is 13.4. The summed E-state index contributed by atoms with van der Waals surface area (Å²) in [4.78, 5) is 29.6. The molecule has 0 radical (unpaired) electrons. The van der Waals surface area contributed by atoms with Crippen molar-refractivity contribution < 1.29 is 4.79 Å². The molecule has 0 aliphatic heterocycles. The van der Waals surface area contributed by atoms with Crippen molar-refractivity contribution in [2.75, 3.05) is 10.6 Å². The van der Waals surface area contributed by atoms with Gasteiger partial charge in [0.15, 0.2) is 0 Å². The van der Waals surface area contributed by atoms with Crippen molar-refractivity contribution in [3.05, 3.63) is 105 Å². The summed E-state index contributed by atoms with van der Waals surface area (Å²) in [5, 5.41) is 13.6. The Morgan fingerprint density at radius 2 is 1.68 bits per heavy atom. The zero-order valence-corrected chi connectivity index (χ0v) is 24.1. The van der Waals surface area contributed by atoms with E-state index in [1.807, 2.05) is 31.2 Å². The van der Waals surface area contributed by atoms with Gasteiger partial charge in [0.2, 0.25) is 0 Å². The van der Waals surface area contributed by atoms with Crippen LogP contribution in [0.5, 0.6) is 0 Å². The van der Waals surface area contributed by atoms with Crippen LogP contribution >= 0.6 is 23.2 Å². The second-order valence-corrected chi connectivity index (χ2v) is 10.7. The van der Waals surface area contributed by atoms with E-state index in [-0.39, 0.29) is 21.4 Å². The minimum Gasteiger partial charge on any atom is -0.386 e. The largest absolute Gasteiger partial charge is 0.386 e. The second-order valence-electron chi connectivity index (χ2n) is 9.92. The fourth-order valence-corrected chi connectivity index (χ4v) is 4.89. The Morgan fingerprint density at radius 3 is 2.39 bits per heavy atom. The number of nitrogens with zero attached hydrogens (tertiary/aromatic N) is 3. The molecule has 10 heteroatoms. The molecule has 0 saturated heterocycles. The number of urea groups is 1. The molecule has 1 aliphatic rings. The number of carbonyl (C=O) groups is 1. The molecule has 4 aromatic rings. The van der Waals surface area contributed by atoms with Crippen LogP contribution in [-0.2, 0) is 13.0 Å². The van der Waals surface area contributed by atoms with Gasteiger partial charge in [-0.05, 0) is 61.4 Å². The van der Waals surface area contributed by atoms with Crippen molar-refractivity contribution in [2.45, 2.75) is 45.2 Å². The highest BCUT2D eigenvalue weighted by atomic mass is 35.5. The molecule has 2 aromatic carbocycles. The van der Waals surface area contributed by atoms with Gasteiger partial charge in [-0.15, -0.1) is 0 Å². The summed E-state index contributed by atoms with van der Waals surface area (Å²) < 4.78 is 1.31. The summed E-state index contributed by atoms with van der Waals surface area (Å²) in [5.74, 6) is 0. The lowest BCUT2D eigenvalue weighted by atomic mass is 9.98. The number of halogens is 2. The summed E-state index contributed by atoms with van der Waals surface area (Å²) in [6.45, 7) is 6.30. The number of aryl methyl sites for hydroxylation is 2. The fourth-order valence-electron chi connectivity index (χ4n) is 4.43. The van der Waals surface area contributed by atoms with E-state index in [4.69, 9.17) is 23.2 Å². The lowest BCUT2D eigenvalue weighted by Gasteiger charge is -2.13. The van der Waals surface area contributed by atoms with Crippen LogP contribution < -0.4 is 21.5 Å². The molecule has 0 atom stereocenters. The second kappa shape index (κ2) is 12.6. The number of aromatic nitrogens is 3. The van der Waals surface area contributed by atoms with Crippen LogP contribution in [0.3, 0.4) is 0 Å². The number of rotatable bonds is 10. The number of amides is 2. The van der Waals surface area contributed by atoms with Gasteiger partial charge in [-0.2, -0.15) is 5.10 Å². The lowest BCUT2D eigenvalue weighted by Crippen LogP contribution is -2.29. The van der Waals surface area contributed by atoms with Crippen LogP contribution in [0.1, 0.15) is 31.7 Å². The summed E-state index contributed by atoms with van der Waals surface area (Å²) in [6.07, 6.45) is 6.99. The minimum absolute atomic E-state index is 0.0723. The van der Waals surface area contributed by atoms with Crippen molar-refractivity contribution in [3.63, 3.8) is 0 Å². The van der Waals surface area contributed by atoms with Crippen molar-refractivity contribution in [2.24, 2.45) is 0 Å². The predicted octanol–water partition coefficient (Wildman–Crippen LogP) is 7.14. The van der Waals surface area contributed by atoms with Crippen LogP contribution in [0.2, 0.25) is 10.0 Å². The van der Waals surface area contributed by atoms with E-state index in [9.17, 15) is 9.59 Å². The van der Waals surface area contributed by atoms with Crippen LogP contribution in [0.25, 0.3) is 22.4 Å². The third-order valence-corrected chi connectivity index (χ3v) is 7.31.